The van der Waals surface area contributed by atoms with Gasteiger partial charge in [-0.15, -0.1) is 0 Å². The molecule has 1 aliphatic heterocycles. The van der Waals surface area contributed by atoms with Crippen molar-refractivity contribution in [2.24, 2.45) is 5.92 Å². The van der Waals surface area contributed by atoms with Crippen LogP contribution in [-0.2, 0) is 24.1 Å². The molecule has 2 aromatic carbocycles. The number of amides is 2. The zero-order chi connectivity index (χ0) is 18.8. The number of aliphatic hydroxyl groups is 1. The Balaban J connectivity index is 1.51. The molecular weight excluding hydrogens is 358 g/mol. The van der Waals surface area contributed by atoms with Crippen molar-refractivity contribution in [2.75, 3.05) is 0 Å². The van der Waals surface area contributed by atoms with Crippen molar-refractivity contribution in [3.05, 3.63) is 70.8 Å². The van der Waals surface area contributed by atoms with E-state index in [0.29, 0.717) is 6.42 Å². The maximum Gasteiger partial charge on any atom is 0.286 e. The Morgan fingerprint density at radius 1 is 1.04 bits per heavy atom. The Hall–Kier alpha value is -2.11. The molecule has 0 bridgehead atoms. The summed E-state index contributed by atoms with van der Waals surface area (Å²) in [6.45, 7) is 0. The van der Waals surface area contributed by atoms with Gasteiger partial charge in [-0.3, -0.25) is 14.9 Å². The minimum Gasteiger partial charge on any atom is -0.388 e. The lowest BCUT2D eigenvalue weighted by Crippen LogP contribution is -2.25. The number of benzene rings is 2. The van der Waals surface area contributed by atoms with Gasteiger partial charge in [0, 0.05) is 0 Å². The van der Waals surface area contributed by atoms with Crippen molar-refractivity contribution in [1.82, 2.24) is 5.32 Å². The monoisotopic (exact) mass is 381 g/mol. The maximum absolute atomic E-state index is 11.8. The summed E-state index contributed by atoms with van der Waals surface area (Å²) < 4.78 is 0. The molecule has 0 radical (unpaired) electrons. The number of thioether (sulfide) groups is 1. The van der Waals surface area contributed by atoms with E-state index < -0.39 is 6.10 Å². The predicted octanol–water partition coefficient (Wildman–Crippen LogP) is 3.81. The van der Waals surface area contributed by atoms with E-state index >= 15 is 0 Å². The quantitative estimate of drug-likeness (QED) is 0.791. The molecule has 1 fully saturated rings. The number of nitrogens with one attached hydrogen (secondary N) is 1. The van der Waals surface area contributed by atoms with E-state index in [1.807, 2.05) is 30.3 Å². The first-order chi connectivity index (χ1) is 13.1. The third-order valence-electron chi connectivity index (χ3n) is 5.52. The zero-order valence-corrected chi connectivity index (χ0v) is 15.9. The van der Waals surface area contributed by atoms with Crippen molar-refractivity contribution in [2.45, 2.75) is 43.5 Å². The van der Waals surface area contributed by atoms with Crippen molar-refractivity contribution in [3.8, 4) is 0 Å². The highest BCUT2D eigenvalue weighted by Crippen LogP contribution is 2.36. The Bertz CT molecular complexity index is 852. The van der Waals surface area contributed by atoms with Crippen LogP contribution in [0, 0.1) is 5.92 Å². The molecule has 3 unspecified atom stereocenters. The minimum atomic E-state index is -0.470. The molecule has 4 nitrogen and oxygen atoms in total. The van der Waals surface area contributed by atoms with Gasteiger partial charge < -0.3 is 5.11 Å². The summed E-state index contributed by atoms with van der Waals surface area (Å²) in [6, 6.07) is 16.4. The van der Waals surface area contributed by atoms with Crippen LogP contribution in [0.15, 0.2) is 48.5 Å². The molecule has 140 valence electrons. The number of hydrogen-bond acceptors (Lipinski definition) is 4. The molecule has 1 aliphatic carbocycles. The van der Waals surface area contributed by atoms with Crippen LogP contribution in [0.1, 0.15) is 41.2 Å². The van der Waals surface area contributed by atoms with Crippen LogP contribution in [0.3, 0.4) is 0 Å². The van der Waals surface area contributed by atoms with Crippen LogP contribution in [0.2, 0.25) is 0 Å². The molecule has 0 saturated carbocycles. The Labute approximate surface area is 163 Å². The lowest BCUT2D eigenvalue weighted by atomic mass is 9.87. The molecule has 2 amide bonds. The summed E-state index contributed by atoms with van der Waals surface area (Å²) in [5, 5.41) is 12.7. The molecule has 3 atom stereocenters. The van der Waals surface area contributed by atoms with Gasteiger partial charge in [-0.2, -0.15) is 0 Å². The number of fused-ring (bicyclic) bond motifs is 1. The molecule has 27 heavy (non-hydrogen) atoms. The summed E-state index contributed by atoms with van der Waals surface area (Å²) in [5.74, 6) is 0.0104. The zero-order valence-electron chi connectivity index (χ0n) is 15.1. The van der Waals surface area contributed by atoms with Gasteiger partial charge in [-0.05, 0) is 60.3 Å². The molecular formula is C22H23NO3S. The average Bonchev–Trinajstić information content (AvgIpc) is 2.89. The van der Waals surface area contributed by atoms with Gasteiger partial charge in [-0.25, -0.2) is 0 Å². The molecule has 0 aromatic heterocycles. The average molecular weight is 381 g/mol. The second-order valence-electron chi connectivity index (χ2n) is 7.41. The fraction of sp³-hybridized carbons (Fsp3) is 0.364. The van der Waals surface area contributed by atoms with Crippen LogP contribution in [0.25, 0.3) is 0 Å². The van der Waals surface area contributed by atoms with Crippen molar-refractivity contribution in [3.63, 3.8) is 0 Å². The molecule has 5 heteroatoms. The number of aryl methyl sites for hydroxylation is 1. The van der Waals surface area contributed by atoms with E-state index in [2.05, 4.69) is 23.5 Å². The highest BCUT2D eigenvalue weighted by molar-refractivity contribution is 8.15. The number of rotatable bonds is 4. The lowest BCUT2D eigenvalue weighted by Gasteiger charge is -2.22. The summed E-state index contributed by atoms with van der Waals surface area (Å²) in [5.41, 5.74) is 4.49. The van der Waals surface area contributed by atoms with Gasteiger partial charge in [0.1, 0.15) is 0 Å². The van der Waals surface area contributed by atoms with Crippen LogP contribution in [0.4, 0.5) is 4.79 Å². The number of carbonyl (C=O) groups excluding carboxylic acids is 2. The van der Waals surface area contributed by atoms with E-state index in [4.69, 9.17) is 0 Å². The minimum absolute atomic E-state index is 0.206. The topological polar surface area (TPSA) is 66.4 Å². The van der Waals surface area contributed by atoms with Crippen LogP contribution < -0.4 is 5.32 Å². The number of aliphatic hydroxyl groups excluding tert-OH is 1. The van der Waals surface area contributed by atoms with Crippen LogP contribution in [-0.4, -0.2) is 21.5 Å². The smallest absolute Gasteiger partial charge is 0.286 e. The Morgan fingerprint density at radius 3 is 2.59 bits per heavy atom. The molecule has 2 N–H and O–H groups in total. The van der Waals surface area contributed by atoms with Crippen molar-refractivity contribution < 1.29 is 14.7 Å². The maximum atomic E-state index is 11.8. The van der Waals surface area contributed by atoms with Crippen LogP contribution in [0.5, 0.6) is 0 Å². The molecule has 0 spiro atoms. The first-order valence-corrected chi connectivity index (χ1v) is 10.3. The van der Waals surface area contributed by atoms with E-state index in [1.165, 1.54) is 11.1 Å². The van der Waals surface area contributed by atoms with Crippen molar-refractivity contribution >= 4 is 22.9 Å². The van der Waals surface area contributed by atoms with Crippen LogP contribution >= 0.6 is 11.8 Å². The second-order valence-corrected chi connectivity index (χ2v) is 8.58. The molecule has 4 rings (SSSR count). The van der Waals surface area contributed by atoms with Gasteiger partial charge in [0.2, 0.25) is 5.91 Å². The summed E-state index contributed by atoms with van der Waals surface area (Å²) in [7, 11) is 0. The highest BCUT2D eigenvalue weighted by atomic mass is 32.2. The van der Waals surface area contributed by atoms with E-state index in [9.17, 15) is 14.7 Å². The van der Waals surface area contributed by atoms with Gasteiger partial charge in [0.25, 0.3) is 5.24 Å². The van der Waals surface area contributed by atoms with Gasteiger partial charge >= 0.3 is 0 Å². The first kappa shape index (κ1) is 18.3. The van der Waals surface area contributed by atoms with E-state index in [0.717, 1.165) is 48.6 Å². The van der Waals surface area contributed by atoms with Gasteiger partial charge in [0.15, 0.2) is 0 Å². The highest BCUT2D eigenvalue weighted by Gasteiger charge is 2.32. The fourth-order valence-corrected chi connectivity index (χ4v) is 4.99. The molecule has 2 aromatic rings. The Kier molecular flexibility index (Phi) is 5.32. The largest absolute Gasteiger partial charge is 0.388 e. The summed E-state index contributed by atoms with van der Waals surface area (Å²) in [4.78, 5) is 23.2. The molecule has 1 heterocycles. The predicted molar refractivity (Wildman–Crippen MR) is 107 cm³/mol. The standard InChI is InChI=1S/C22H23NO3S/c24-20-17(11-14-5-2-1-3-6-14)8-4-7-16-12-15(9-10-18(16)20)13-19-21(25)23-22(26)27-19/h1-3,5-6,9-10,12,17,19-20,24H,4,7-8,11,13H2,(H,23,25,26). The molecule has 1 saturated heterocycles. The number of carbonyl (C=O) groups is 2. The first-order valence-electron chi connectivity index (χ1n) is 9.45. The van der Waals surface area contributed by atoms with Gasteiger partial charge in [0.05, 0.1) is 11.4 Å². The van der Waals surface area contributed by atoms with E-state index in [1.54, 1.807) is 0 Å². The summed E-state index contributed by atoms with van der Waals surface area (Å²) >= 11 is 1.06. The SMILES string of the molecule is O=C1NC(=O)C(Cc2ccc3c(c2)CCCC(Cc2ccccc2)C3O)S1. The van der Waals surface area contributed by atoms with E-state index in [-0.39, 0.29) is 22.3 Å². The van der Waals surface area contributed by atoms with Gasteiger partial charge in [-0.1, -0.05) is 60.3 Å². The number of hydrogen-bond donors (Lipinski definition) is 2. The Morgan fingerprint density at radius 2 is 1.85 bits per heavy atom. The second kappa shape index (κ2) is 7.87. The molecule has 2 aliphatic rings. The number of imide groups is 1. The van der Waals surface area contributed by atoms with Crippen molar-refractivity contribution in [1.29, 1.82) is 0 Å². The lowest BCUT2D eigenvalue weighted by molar-refractivity contribution is -0.118. The third-order valence-corrected chi connectivity index (χ3v) is 6.50. The fourth-order valence-electron chi connectivity index (χ4n) is 4.13. The normalized spacial score (nSPS) is 25.0. The summed E-state index contributed by atoms with van der Waals surface area (Å²) in [6.07, 6.45) is 3.93. The third kappa shape index (κ3) is 4.09.